The van der Waals surface area contributed by atoms with Crippen molar-refractivity contribution in [1.29, 1.82) is 5.26 Å². The fraction of sp³-hybridized carbons (Fsp3) is 0.667. The first-order valence-electron chi connectivity index (χ1n) is 3.30. The molecule has 0 saturated heterocycles. The summed E-state index contributed by atoms with van der Waals surface area (Å²) < 4.78 is 34.6. The number of nitriles is 1. The quantitative estimate of drug-likeness (QED) is 0.714. The molecule has 0 spiro atoms. The average Bonchev–Trinajstić information content (AvgIpc) is 1.97. The molecule has 0 unspecified atom stereocenters. The minimum atomic E-state index is -4.26. The maximum Gasteiger partial charge on any atom is 0.441 e. The molecular weight excluding hydrogens is 205 g/mol. The standard InChI is InChI=1S/C6H7F3N2OS/c7-6(8,9)13-4-3-11-5(12)1-2-10/h1,3-4H2,(H,11,12). The SMILES string of the molecule is N#CCC(=O)NCCSC(F)(F)F. The van der Waals surface area contributed by atoms with Crippen LogP contribution in [-0.2, 0) is 4.79 Å². The van der Waals surface area contributed by atoms with Crippen molar-refractivity contribution in [1.82, 2.24) is 5.32 Å². The number of amides is 1. The Hall–Kier alpha value is -0.900. The van der Waals surface area contributed by atoms with Crippen LogP contribution in [0, 0.1) is 11.3 Å². The molecular formula is C6H7F3N2OS. The van der Waals surface area contributed by atoms with E-state index in [4.69, 9.17) is 5.26 Å². The van der Waals surface area contributed by atoms with E-state index in [0.29, 0.717) is 0 Å². The van der Waals surface area contributed by atoms with Gasteiger partial charge < -0.3 is 5.32 Å². The Kier molecular flexibility index (Phi) is 5.30. The third kappa shape index (κ3) is 9.01. The van der Waals surface area contributed by atoms with E-state index in [9.17, 15) is 18.0 Å². The number of nitrogens with zero attached hydrogens (tertiary/aromatic N) is 1. The van der Waals surface area contributed by atoms with Crippen LogP contribution in [0.15, 0.2) is 0 Å². The number of halogens is 3. The van der Waals surface area contributed by atoms with Crippen molar-refractivity contribution in [3.05, 3.63) is 0 Å². The summed E-state index contributed by atoms with van der Waals surface area (Å²) in [6, 6.07) is 1.58. The lowest BCUT2D eigenvalue weighted by atomic mass is 10.4. The number of alkyl halides is 3. The van der Waals surface area contributed by atoms with Gasteiger partial charge in [0, 0.05) is 12.3 Å². The van der Waals surface area contributed by atoms with Crippen molar-refractivity contribution in [2.24, 2.45) is 0 Å². The maximum atomic E-state index is 11.5. The highest BCUT2D eigenvalue weighted by Crippen LogP contribution is 2.29. The Labute approximate surface area is 77.3 Å². The molecule has 0 aromatic heterocycles. The van der Waals surface area contributed by atoms with Crippen molar-refractivity contribution in [2.45, 2.75) is 11.9 Å². The van der Waals surface area contributed by atoms with E-state index in [1.54, 1.807) is 6.07 Å². The normalized spacial score (nSPS) is 10.6. The van der Waals surface area contributed by atoms with E-state index >= 15 is 0 Å². The summed E-state index contributed by atoms with van der Waals surface area (Å²) >= 11 is -0.204. The smallest absolute Gasteiger partial charge is 0.354 e. The molecule has 0 fully saturated rings. The van der Waals surface area contributed by atoms with Gasteiger partial charge in [0.15, 0.2) is 0 Å². The summed E-state index contributed by atoms with van der Waals surface area (Å²) in [7, 11) is 0. The highest BCUT2D eigenvalue weighted by Gasteiger charge is 2.27. The van der Waals surface area contributed by atoms with Gasteiger partial charge in [-0.3, -0.25) is 4.79 Å². The van der Waals surface area contributed by atoms with Crippen molar-refractivity contribution < 1.29 is 18.0 Å². The number of nitrogens with one attached hydrogen (secondary N) is 1. The Morgan fingerprint density at radius 1 is 1.54 bits per heavy atom. The van der Waals surface area contributed by atoms with Crippen LogP contribution >= 0.6 is 11.8 Å². The minimum absolute atomic E-state index is 0.0787. The van der Waals surface area contributed by atoms with Crippen LogP contribution in [0.25, 0.3) is 0 Å². The van der Waals surface area contributed by atoms with Gasteiger partial charge >= 0.3 is 5.51 Å². The molecule has 0 rings (SSSR count). The van der Waals surface area contributed by atoms with Crippen LogP contribution in [0.5, 0.6) is 0 Å². The zero-order valence-corrected chi connectivity index (χ0v) is 7.34. The van der Waals surface area contributed by atoms with Gasteiger partial charge in [0.1, 0.15) is 6.42 Å². The summed E-state index contributed by atoms with van der Waals surface area (Å²) in [5.74, 6) is -0.786. The summed E-state index contributed by atoms with van der Waals surface area (Å²) in [5, 5.41) is 10.2. The number of hydrogen-bond acceptors (Lipinski definition) is 3. The summed E-state index contributed by atoms with van der Waals surface area (Å²) in [5.41, 5.74) is -4.26. The molecule has 1 amide bonds. The molecule has 0 aliphatic heterocycles. The van der Waals surface area contributed by atoms with Crippen LogP contribution in [0.3, 0.4) is 0 Å². The largest absolute Gasteiger partial charge is 0.441 e. The van der Waals surface area contributed by atoms with Gasteiger partial charge in [0.2, 0.25) is 5.91 Å². The third-order valence-electron chi connectivity index (χ3n) is 0.930. The second-order valence-electron chi connectivity index (χ2n) is 1.98. The Morgan fingerprint density at radius 3 is 2.62 bits per heavy atom. The minimum Gasteiger partial charge on any atom is -0.354 e. The summed E-state index contributed by atoms with van der Waals surface area (Å²) in [4.78, 5) is 10.5. The van der Waals surface area contributed by atoms with E-state index in [1.807, 2.05) is 0 Å². The van der Waals surface area contributed by atoms with Gasteiger partial charge in [-0.2, -0.15) is 18.4 Å². The van der Waals surface area contributed by atoms with Crippen LogP contribution in [0.1, 0.15) is 6.42 Å². The zero-order valence-electron chi connectivity index (χ0n) is 6.52. The highest BCUT2D eigenvalue weighted by molar-refractivity contribution is 8.00. The van der Waals surface area contributed by atoms with Crippen molar-refractivity contribution >= 4 is 17.7 Å². The molecule has 0 bridgehead atoms. The van der Waals surface area contributed by atoms with Gasteiger partial charge in [-0.25, -0.2) is 0 Å². The molecule has 0 heterocycles. The number of carbonyl (C=O) groups is 1. The lowest BCUT2D eigenvalue weighted by molar-refractivity contribution is -0.120. The van der Waals surface area contributed by atoms with E-state index < -0.39 is 11.4 Å². The van der Waals surface area contributed by atoms with Gasteiger partial charge in [0.05, 0.1) is 6.07 Å². The number of rotatable bonds is 4. The number of hydrogen-bond donors (Lipinski definition) is 1. The van der Waals surface area contributed by atoms with Crippen LogP contribution in [0.2, 0.25) is 0 Å². The molecule has 0 aromatic carbocycles. The van der Waals surface area contributed by atoms with E-state index in [0.717, 1.165) is 0 Å². The van der Waals surface area contributed by atoms with Crippen molar-refractivity contribution in [3.8, 4) is 6.07 Å². The van der Waals surface area contributed by atoms with Crippen molar-refractivity contribution in [2.75, 3.05) is 12.3 Å². The second kappa shape index (κ2) is 5.70. The monoisotopic (exact) mass is 212 g/mol. The molecule has 13 heavy (non-hydrogen) atoms. The van der Waals surface area contributed by atoms with E-state index in [-0.39, 0.29) is 30.5 Å². The first kappa shape index (κ1) is 12.1. The summed E-state index contributed by atoms with van der Waals surface area (Å²) in [6.07, 6.45) is -0.323. The number of carbonyl (C=O) groups excluding carboxylic acids is 1. The second-order valence-corrected chi connectivity index (χ2v) is 3.14. The Morgan fingerprint density at radius 2 is 2.15 bits per heavy atom. The fourth-order valence-corrected chi connectivity index (χ4v) is 0.927. The van der Waals surface area contributed by atoms with Gasteiger partial charge in [-0.05, 0) is 11.8 Å². The molecule has 0 saturated carbocycles. The molecule has 0 aliphatic carbocycles. The molecule has 0 aliphatic rings. The van der Waals surface area contributed by atoms with Gasteiger partial charge in [0.25, 0.3) is 0 Å². The molecule has 3 nitrogen and oxygen atoms in total. The number of thioether (sulfide) groups is 1. The van der Waals surface area contributed by atoms with Gasteiger partial charge in [-0.15, -0.1) is 0 Å². The van der Waals surface area contributed by atoms with Crippen LogP contribution < -0.4 is 5.32 Å². The molecule has 0 radical (unpaired) electrons. The molecule has 74 valence electrons. The van der Waals surface area contributed by atoms with Crippen LogP contribution in [-0.4, -0.2) is 23.7 Å². The first-order chi connectivity index (χ1) is 5.95. The van der Waals surface area contributed by atoms with Crippen LogP contribution in [0.4, 0.5) is 13.2 Å². The Balaban J connectivity index is 3.37. The zero-order chi connectivity index (χ0) is 10.3. The highest BCUT2D eigenvalue weighted by atomic mass is 32.2. The van der Waals surface area contributed by atoms with Gasteiger partial charge in [-0.1, -0.05) is 0 Å². The lowest BCUT2D eigenvalue weighted by Crippen LogP contribution is -2.25. The third-order valence-corrected chi connectivity index (χ3v) is 1.67. The Bertz CT molecular complexity index is 211. The topological polar surface area (TPSA) is 52.9 Å². The molecule has 0 aromatic rings. The van der Waals surface area contributed by atoms with Crippen molar-refractivity contribution in [3.63, 3.8) is 0 Å². The van der Waals surface area contributed by atoms with E-state index in [1.165, 1.54) is 0 Å². The molecule has 7 heteroatoms. The lowest BCUT2D eigenvalue weighted by Gasteiger charge is -2.05. The first-order valence-corrected chi connectivity index (χ1v) is 4.28. The molecule has 1 N–H and O–H groups in total. The average molecular weight is 212 g/mol. The molecule has 0 atom stereocenters. The maximum absolute atomic E-state index is 11.5. The van der Waals surface area contributed by atoms with E-state index in [2.05, 4.69) is 5.32 Å². The predicted molar refractivity (Wildman–Crippen MR) is 41.8 cm³/mol. The fourth-order valence-electron chi connectivity index (χ4n) is 0.492. The summed E-state index contributed by atoms with van der Waals surface area (Å²) in [6.45, 7) is -0.0787. The predicted octanol–water partition coefficient (Wildman–Crippen LogP) is 1.27.